The molecule has 0 unspecified atom stereocenters. The topological polar surface area (TPSA) is 72.7 Å². The third kappa shape index (κ3) is 3.81. The summed E-state index contributed by atoms with van der Waals surface area (Å²) in [6.07, 6.45) is 0. The van der Waals surface area contributed by atoms with E-state index in [4.69, 9.17) is 0 Å². The predicted octanol–water partition coefficient (Wildman–Crippen LogP) is 3.05. The highest BCUT2D eigenvalue weighted by Crippen LogP contribution is 2.18. The highest BCUT2D eigenvalue weighted by molar-refractivity contribution is 9.10. The summed E-state index contributed by atoms with van der Waals surface area (Å²) in [4.78, 5) is 13.3. The molecule has 0 fully saturated rings. The van der Waals surface area contributed by atoms with Crippen molar-refractivity contribution in [1.82, 2.24) is 20.2 Å². The van der Waals surface area contributed by atoms with E-state index < -0.39 is 0 Å². The van der Waals surface area contributed by atoms with E-state index >= 15 is 0 Å². The first-order valence-corrected chi connectivity index (χ1v) is 7.80. The number of aryl methyl sites for hydroxylation is 1. The summed E-state index contributed by atoms with van der Waals surface area (Å²) in [5.41, 5.74) is 2.69. The molecule has 116 valence electrons. The maximum Gasteiger partial charge on any atom is 0.248 e. The van der Waals surface area contributed by atoms with Gasteiger partial charge in [0, 0.05) is 15.7 Å². The van der Waals surface area contributed by atoms with Gasteiger partial charge in [0.15, 0.2) is 0 Å². The third-order valence-corrected chi connectivity index (χ3v) is 3.78. The smallest absolute Gasteiger partial charge is 0.248 e. The lowest BCUT2D eigenvalue weighted by atomic mass is 10.1. The fraction of sp³-hybridized carbons (Fsp3) is 0.125. The van der Waals surface area contributed by atoms with Gasteiger partial charge in [0.1, 0.15) is 6.54 Å². The number of halogens is 1. The van der Waals surface area contributed by atoms with Gasteiger partial charge in [-0.25, -0.2) is 0 Å². The Hall–Kier alpha value is -2.54. The van der Waals surface area contributed by atoms with Crippen LogP contribution in [-0.4, -0.2) is 26.1 Å². The lowest BCUT2D eigenvalue weighted by molar-refractivity contribution is -0.117. The van der Waals surface area contributed by atoms with Gasteiger partial charge in [-0.1, -0.05) is 40.2 Å². The number of benzene rings is 2. The Morgan fingerprint density at radius 1 is 1.17 bits per heavy atom. The highest BCUT2D eigenvalue weighted by atomic mass is 79.9. The zero-order valence-electron chi connectivity index (χ0n) is 12.4. The predicted molar refractivity (Wildman–Crippen MR) is 90.8 cm³/mol. The van der Waals surface area contributed by atoms with Gasteiger partial charge in [0.25, 0.3) is 0 Å². The fourth-order valence-corrected chi connectivity index (χ4v) is 2.37. The van der Waals surface area contributed by atoms with Crippen molar-refractivity contribution in [3.05, 3.63) is 58.6 Å². The van der Waals surface area contributed by atoms with Crippen LogP contribution in [0.3, 0.4) is 0 Å². The molecule has 0 saturated heterocycles. The number of tetrazole rings is 1. The second-order valence-electron chi connectivity index (χ2n) is 5.01. The van der Waals surface area contributed by atoms with Gasteiger partial charge < -0.3 is 5.32 Å². The Morgan fingerprint density at radius 3 is 2.65 bits per heavy atom. The van der Waals surface area contributed by atoms with Crippen LogP contribution in [0.1, 0.15) is 5.56 Å². The Labute approximate surface area is 141 Å². The van der Waals surface area contributed by atoms with Crippen molar-refractivity contribution in [2.45, 2.75) is 13.5 Å². The number of carbonyl (C=O) groups excluding carboxylic acids is 1. The third-order valence-electron chi connectivity index (χ3n) is 3.25. The monoisotopic (exact) mass is 371 g/mol. The zero-order chi connectivity index (χ0) is 16.2. The molecular formula is C16H14BrN5O. The maximum atomic E-state index is 12.0. The lowest BCUT2D eigenvalue weighted by Gasteiger charge is -2.04. The van der Waals surface area contributed by atoms with Gasteiger partial charge in [0.2, 0.25) is 11.7 Å². The van der Waals surface area contributed by atoms with Crippen LogP contribution in [0.5, 0.6) is 0 Å². The van der Waals surface area contributed by atoms with E-state index in [0.29, 0.717) is 5.82 Å². The number of amides is 1. The van der Waals surface area contributed by atoms with Crippen LogP contribution in [0.25, 0.3) is 11.4 Å². The molecule has 0 radical (unpaired) electrons. The summed E-state index contributed by atoms with van der Waals surface area (Å²) in [6, 6.07) is 15.1. The lowest BCUT2D eigenvalue weighted by Crippen LogP contribution is -2.20. The molecule has 7 heteroatoms. The SMILES string of the molecule is Cc1ccccc1-c1nnn(CC(=O)Nc2ccc(Br)cc2)n1. The van der Waals surface area contributed by atoms with Gasteiger partial charge >= 0.3 is 0 Å². The van der Waals surface area contributed by atoms with Crippen LogP contribution >= 0.6 is 15.9 Å². The van der Waals surface area contributed by atoms with Gasteiger partial charge in [0.05, 0.1) is 0 Å². The molecule has 1 N–H and O–H groups in total. The fourth-order valence-electron chi connectivity index (χ4n) is 2.10. The Balaban J connectivity index is 1.68. The second kappa shape index (κ2) is 6.70. The molecular weight excluding hydrogens is 358 g/mol. The van der Waals surface area contributed by atoms with E-state index in [2.05, 4.69) is 36.7 Å². The van der Waals surface area contributed by atoms with E-state index in [0.717, 1.165) is 21.3 Å². The minimum Gasteiger partial charge on any atom is -0.324 e. The molecule has 0 saturated carbocycles. The number of anilines is 1. The maximum absolute atomic E-state index is 12.0. The summed E-state index contributed by atoms with van der Waals surface area (Å²) < 4.78 is 0.955. The molecule has 1 heterocycles. The van der Waals surface area contributed by atoms with Gasteiger partial charge in [-0.05, 0) is 42.0 Å². The van der Waals surface area contributed by atoms with Gasteiger partial charge in [-0.3, -0.25) is 4.79 Å². The summed E-state index contributed by atoms with van der Waals surface area (Å²) in [7, 11) is 0. The standard InChI is InChI=1S/C16H14BrN5O/c1-11-4-2-3-5-14(11)16-19-21-22(20-16)10-15(23)18-13-8-6-12(17)7-9-13/h2-9H,10H2,1H3,(H,18,23). The molecule has 0 spiro atoms. The first kappa shape index (κ1) is 15.4. The Kier molecular flexibility index (Phi) is 4.47. The molecule has 1 amide bonds. The average molecular weight is 372 g/mol. The number of aromatic nitrogens is 4. The Morgan fingerprint density at radius 2 is 1.91 bits per heavy atom. The minimum absolute atomic E-state index is 0.00887. The number of nitrogens with zero attached hydrogens (tertiary/aromatic N) is 4. The van der Waals surface area contributed by atoms with E-state index in [-0.39, 0.29) is 12.5 Å². The molecule has 2 aromatic carbocycles. The van der Waals surface area contributed by atoms with Crippen molar-refractivity contribution in [3.63, 3.8) is 0 Å². The van der Waals surface area contributed by atoms with Crippen molar-refractivity contribution in [2.24, 2.45) is 0 Å². The average Bonchev–Trinajstić information content (AvgIpc) is 2.98. The number of rotatable bonds is 4. The first-order chi connectivity index (χ1) is 11.1. The quantitative estimate of drug-likeness (QED) is 0.764. The van der Waals surface area contributed by atoms with Crippen LogP contribution in [-0.2, 0) is 11.3 Å². The van der Waals surface area contributed by atoms with Crippen molar-refractivity contribution in [3.8, 4) is 11.4 Å². The van der Waals surface area contributed by atoms with Crippen LogP contribution < -0.4 is 5.32 Å². The molecule has 0 aliphatic heterocycles. The van der Waals surface area contributed by atoms with Gasteiger partial charge in [-0.2, -0.15) is 4.80 Å². The van der Waals surface area contributed by atoms with Crippen molar-refractivity contribution >= 4 is 27.5 Å². The van der Waals surface area contributed by atoms with Crippen LogP contribution in [0, 0.1) is 6.92 Å². The molecule has 1 aromatic heterocycles. The number of nitrogens with one attached hydrogen (secondary N) is 1. The summed E-state index contributed by atoms with van der Waals surface area (Å²) in [5.74, 6) is 0.306. The first-order valence-electron chi connectivity index (χ1n) is 7.01. The van der Waals surface area contributed by atoms with E-state index in [1.807, 2.05) is 55.5 Å². The summed E-state index contributed by atoms with van der Waals surface area (Å²) in [5, 5.41) is 15.0. The number of hydrogen-bond acceptors (Lipinski definition) is 4. The van der Waals surface area contributed by atoms with Crippen LogP contribution in [0.2, 0.25) is 0 Å². The van der Waals surface area contributed by atoms with Crippen LogP contribution in [0.15, 0.2) is 53.0 Å². The van der Waals surface area contributed by atoms with E-state index in [1.165, 1.54) is 4.80 Å². The van der Waals surface area contributed by atoms with Crippen molar-refractivity contribution < 1.29 is 4.79 Å². The van der Waals surface area contributed by atoms with Crippen molar-refractivity contribution in [1.29, 1.82) is 0 Å². The van der Waals surface area contributed by atoms with Gasteiger partial charge in [-0.15, -0.1) is 10.2 Å². The number of carbonyl (C=O) groups is 1. The Bertz CT molecular complexity index is 828. The second-order valence-corrected chi connectivity index (χ2v) is 5.93. The minimum atomic E-state index is -0.207. The molecule has 23 heavy (non-hydrogen) atoms. The molecule has 0 atom stereocenters. The highest BCUT2D eigenvalue weighted by Gasteiger charge is 2.10. The largest absolute Gasteiger partial charge is 0.324 e. The number of hydrogen-bond donors (Lipinski definition) is 1. The molecule has 3 aromatic rings. The normalized spacial score (nSPS) is 10.5. The summed E-state index contributed by atoms with van der Waals surface area (Å²) in [6.45, 7) is 1.99. The summed E-state index contributed by atoms with van der Waals surface area (Å²) >= 11 is 3.35. The zero-order valence-corrected chi connectivity index (χ0v) is 14.0. The van der Waals surface area contributed by atoms with Crippen LogP contribution in [0.4, 0.5) is 5.69 Å². The molecule has 0 aliphatic carbocycles. The molecule has 3 rings (SSSR count). The van der Waals surface area contributed by atoms with Crippen molar-refractivity contribution in [2.75, 3.05) is 5.32 Å². The molecule has 6 nitrogen and oxygen atoms in total. The van der Waals surface area contributed by atoms with E-state index in [1.54, 1.807) is 0 Å². The van der Waals surface area contributed by atoms with E-state index in [9.17, 15) is 4.79 Å². The molecule has 0 aliphatic rings. The molecule has 0 bridgehead atoms.